The number of pyridine rings is 1. The molecule has 6 nitrogen and oxygen atoms in total. The third-order valence-electron chi connectivity index (χ3n) is 3.53. The monoisotopic (exact) mass is 283 g/mol. The van der Waals surface area contributed by atoms with Crippen molar-refractivity contribution in [1.29, 1.82) is 0 Å². The molecule has 6 heteroatoms. The molecule has 0 atom stereocenters. The molecule has 21 heavy (non-hydrogen) atoms. The molecule has 1 aromatic carbocycles. The van der Waals surface area contributed by atoms with Gasteiger partial charge in [0.1, 0.15) is 5.82 Å². The lowest BCUT2D eigenvalue weighted by atomic mass is 10.1. The minimum absolute atomic E-state index is 0.285. The zero-order valence-electron chi connectivity index (χ0n) is 11.1. The number of carbonyl (C=O) groups excluding carboxylic acids is 1. The normalized spacial score (nSPS) is 13.0. The molecule has 2 heterocycles. The number of amides is 1. The fourth-order valence-corrected chi connectivity index (χ4v) is 2.41. The van der Waals surface area contributed by atoms with E-state index in [1.165, 1.54) is 6.20 Å². The van der Waals surface area contributed by atoms with Crippen LogP contribution in [0.2, 0.25) is 0 Å². The van der Waals surface area contributed by atoms with Crippen molar-refractivity contribution in [3.8, 4) is 0 Å². The van der Waals surface area contributed by atoms with Crippen molar-refractivity contribution in [2.75, 3.05) is 4.90 Å². The van der Waals surface area contributed by atoms with Gasteiger partial charge in [-0.15, -0.1) is 0 Å². The van der Waals surface area contributed by atoms with Gasteiger partial charge in [-0.3, -0.25) is 4.79 Å². The van der Waals surface area contributed by atoms with Gasteiger partial charge in [0.05, 0.1) is 11.1 Å². The van der Waals surface area contributed by atoms with Gasteiger partial charge in [0.15, 0.2) is 0 Å². The average molecular weight is 283 g/mol. The largest absolute Gasteiger partial charge is 0.478 e. The van der Waals surface area contributed by atoms with Crippen molar-refractivity contribution in [3.05, 3.63) is 58.8 Å². The van der Waals surface area contributed by atoms with Crippen molar-refractivity contribution in [2.24, 2.45) is 5.73 Å². The fraction of sp³-hybridized carbons (Fsp3) is 0.133. The molecule has 0 radical (unpaired) electrons. The number of aromatic carboxylic acids is 1. The number of rotatable bonds is 3. The Morgan fingerprint density at radius 1 is 1.10 bits per heavy atom. The predicted octanol–water partition coefficient (Wildman–Crippen LogP) is 1.40. The van der Waals surface area contributed by atoms with Gasteiger partial charge in [0, 0.05) is 19.3 Å². The Hall–Kier alpha value is -2.89. The van der Waals surface area contributed by atoms with Gasteiger partial charge in [-0.1, -0.05) is 6.07 Å². The average Bonchev–Trinajstić information content (AvgIpc) is 2.90. The molecule has 1 aliphatic heterocycles. The van der Waals surface area contributed by atoms with Crippen molar-refractivity contribution >= 4 is 17.7 Å². The van der Waals surface area contributed by atoms with Crippen LogP contribution >= 0.6 is 0 Å². The van der Waals surface area contributed by atoms with E-state index in [-0.39, 0.29) is 5.56 Å². The number of nitrogens with two attached hydrogens (primary N) is 1. The number of carboxylic acids is 1. The Morgan fingerprint density at radius 2 is 1.81 bits per heavy atom. The van der Waals surface area contributed by atoms with E-state index < -0.39 is 11.9 Å². The van der Waals surface area contributed by atoms with Crippen LogP contribution in [-0.4, -0.2) is 22.0 Å². The summed E-state index contributed by atoms with van der Waals surface area (Å²) in [7, 11) is 0. The first-order valence-electron chi connectivity index (χ1n) is 6.40. The summed E-state index contributed by atoms with van der Waals surface area (Å²) in [5.74, 6) is -0.710. The van der Waals surface area contributed by atoms with Crippen LogP contribution in [0.25, 0.3) is 0 Å². The molecule has 106 valence electrons. The topological polar surface area (TPSA) is 96.5 Å². The van der Waals surface area contributed by atoms with Gasteiger partial charge in [-0.2, -0.15) is 0 Å². The molecule has 0 saturated heterocycles. The molecule has 0 unspecified atom stereocenters. The second-order valence-electron chi connectivity index (χ2n) is 4.91. The van der Waals surface area contributed by atoms with Gasteiger partial charge >= 0.3 is 5.97 Å². The van der Waals surface area contributed by atoms with Crippen LogP contribution in [-0.2, 0) is 13.1 Å². The van der Waals surface area contributed by atoms with E-state index >= 15 is 0 Å². The summed E-state index contributed by atoms with van der Waals surface area (Å²) >= 11 is 0. The van der Waals surface area contributed by atoms with Crippen molar-refractivity contribution in [1.82, 2.24) is 4.98 Å². The van der Waals surface area contributed by atoms with Crippen LogP contribution in [0.3, 0.4) is 0 Å². The van der Waals surface area contributed by atoms with Crippen LogP contribution < -0.4 is 10.6 Å². The zero-order chi connectivity index (χ0) is 15.0. The summed E-state index contributed by atoms with van der Waals surface area (Å²) in [6.45, 7) is 1.26. The van der Waals surface area contributed by atoms with Crippen molar-refractivity contribution < 1.29 is 14.7 Å². The summed E-state index contributed by atoms with van der Waals surface area (Å²) < 4.78 is 0. The second kappa shape index (κ2) is 4.90. The molecule has 0 fully saturated rings. The van der Waals surface area contributed by atoms with E-state index in [1.54, 1.807) is 24.3 Å². The number of hydrogen-bond donors (Lipinski definition) is 2. The van der Waals surface area contributed by atoms with E-state index in [4.69, 9.17) is 10.8 Å². The van der Waals surface area contributed by atoms with Crippen LogP contribution in [0.5, 0.6) is 0 Å². The molecular formula is C15H13N3O3. The van der Waals surface area contributed by atoms with Gasteiger partial charge in [0.25, 0.3) is 0 Å². The number of primary amides is 1. The number of fused-ring (bicyclic) bond motifs is 1. The molecule has 0 bridgehead atoms. The highest BCUT2D eigenvalue weighted by molar-refractivity contribution is 5.92. The first-order valence-corrected chi connectivity index (χ1v) is 6.40. The highest BCUT2D eigenvalue weighted by atomic mass is 16.4. The van der Waals surface area contributed by atoms with Crippen LogP contribution in [0, 0.1) is 0 Å². The third-order valence-corrected chi connectivity index (χ3v) is 3.53. The highest BCUT2D eigenvalue weighted by Crippen LogP contribution is 2.27. The molecule has 1 aliphatic rings. The predicted molar refractivity (Wildman–Crippen MR) is 76.0 cm³/mol. The lowest BCUT2D eigenvalue weighted by Crippen LogP contribution is -2.17. The van der Waals surface area contributed by atoms with Crippen molar-refractivity contribution in [3.63, 3.8) is 0 Å². The zero-order valence-corrected chi connectivity index (χ0v) is 11.1. The van der Waals surface area contributed by atoms with Gasteiger partial charge in [-0.05, 0) is 35.4 Å². The minimum Gasteiger partial charge on any atom is -0.478 e. The van der Waals surface area contributed by atoms with E-state index in [0.717, 1.165) is 16.9 Å². The Labute approximate surface area is 120 Å². The standard InChI is InChI=1S/C15H13N3O3/c16-14(19)10-3-4-13(17-6-10)18-7-11-2-1-9(15(20)21)5-12(11)8-18/h1-6H,7-8H2,(H2,16,19)(H,20,21). The van der Waals surface area contributed by atoms with Crippen LogP contribution in [0.4, 0.5) is 5.82 Å². The van der Waals surface area contributed by atoms with Crippen LogP contribution in [0.15, 0.2) is 36.5 Å². The molecule has 0 saturated carbocycles. The first-order chi connectivity index (χ1) is 10.0. The lowest BCUT2D eigenvalue weighted by Gasteiger charge is -2.16. The van der Waals surface area contributed by atoms with Gasteiger partial charge in [0.2, 0.25) is 5.91 Å². The fourth-order valence-electron chi connectivity index (χ4n) is 2.41. The van der Waals surface area contributed by atoms with Crippen LogP contribution in [0.1, 0.15) is 31.8 Å². The maximum absolute atomic E-state index is 11.0. The third kappa shape index (κ3) is 2.43. The number of nitrogens with zero attached hydrogens (tertiary/aromatic N) is 2. The number of aromatic nitrogens is 1. The number of carbonyl (C=O) groups is 2. The maximum Gasteiger partial charge on any atom is 0.335 e. The SMILES string of the molecule is NC(=O)c1ccc(N2Cc3ccc(C(=O)O)cc3C2)nc1. The minimum atomic E-state index is -0.930. The Bertz CT molecular complexity index is 725. The Kier molecular flexibility index (Phi) is 3.06. The lowest BCUT2D eigenvalue weighted by molar-refractivity contribution is 0.0696. The van der Waals surface area contributed by atoms with E-state index in [9.17, 15) is 9.59 Å². The summed E-state index contributed by atoms with van der Waals surface area (Å²) in [6.07, 6.45) is 1.45. The maximum atomic E-state index is 11.0. The van der Waals surface area contributed by atoms with E-state index in [2.05, 4.69) is 4.98 Å². The summed E-state index contributed by atoms with van der Waals surface area (Å²) in [5, 5.41) is 9.01. The smallest absolute Gasteiger partial charge is 0.335 e. The second-order valence-corrected chi connectivity index (χ2v) is 4.91. The molecule has 0 spiro atoms. The molecule has 1 amide bonds. The molecule has 2 aromatic rings. The first kappa shape index (κ1) is 13.1. The number of hydrogen-bond acceptors (Lipinski definition) is 4. The molecular weight excluding hydrogens is 270 g/mol. The molecule has 3 N–H and O–H groups in total. The molecule has 0 aliphatic carbocycles. The Balaban J connectivity index is 1.84. The van der Waals surface area contributed by atoms with Gasteiger partial charge in [-0.25, -0.2) is 9.78 Å². The summed E-state index contributed by atoms with van der Waals surface area (Å²) in [5.41, 5.74) is 7.90. The number of anilines is 1. The summed E-state index contributed by atoms with van der Waals surface area (Å²) in [4.78, 5) is 28.3. The highest BCUT2D eigenvalue weighted by Gasteiger charge is 2.21. The summed E-state index contributed by atoms with van der Waals surface area (Å²) in [6, 6.07) is 8.50. The molecule has 3 rings (SSSR count). The molecule has 1 aromatic heterocycles. The Morgan fingerprint density at radius 3 is 2.43 bits per heavy atom. The van der Waals surface area contributed by atoms with Gasteiger partial charge < -0.3 is 15.7 Å². The van der Waals surface area contributed by atoms with E-state index in [1.807, 2.05) is 11.0 Å². The van der Waals surface area contributed by atoms with Crippen molar-refractivity contribution in [2.45, 2.75) is 13.1 Å². The number of benzene rings is 1. The quantitative estimate of drug-likeness (QED) is 0.887. The number of carboxylic acid groups (broad SMARTS) is 1. The van der Waals surface area contributed by atoms with E-state index in [0.29, 0.717) is 18.7 Å².